The van der Waals surface area contributed by atoms with Crippen LogP contribution in [0.25, 0.3) is 0 Å². The topological polar surface area (TPSA) is 67.5 Å². The van der Waals surface area contributed by atoms with E-state index in [0.29, 0.717) is 5.57 Å². The van der Waals surface area contributed by atoms with Crippen molar-refractivity contribution >= 4 is 12.1 Å². The summed E-state index contributed by atoms with van der Waals surface area (Å²) in [5.41, 5.74) is 8.26. The highest BCUT2D eigenvalue weighted by Crippen LogP contribution is 1.92. The summed E-state index contributed by atoms with van der Waals surface area (Å²) in [5.74, 6) is -0.538. The third-order valence-corrected chi connectivity index (χ3v) is 2.34. The molecule has 0 fully saturated rings. The lowest BCUT2D eigenvalue weighted by molar-refractivity contribution is -0.114. The fraction of sp³-hybridized carbons (Fsp3) is 0. The van der Waals surface area contributed by atoms with Crippen molar-refractivity contribution in [1.82, 2.24) is 5.43 Å². The third kappa shape index (κ3) is 8.87. The molecule has 0 bridgehead atoms. The summed E-state index contributed by atoms with van der Waals surface area (Å²) in [7, 11) is 0. The minimum absolute atomic E-state index is 0.306. The van der Waals surface area contributed by atoms with Gasteiger partial charge < -0.3 is 5.73 Å². The maximum absolute atomic E-state index is 11.2. The molecule has 0 aromatic carbocycles. The highest BCUT2D eigenvalue weighted by molar-refractivity contribution is 6.11. The van der Waals surface area contributed by atoms with Gasteiger partial charge in [-0.05, 0) is 12.2 Å². The van der Waals surface area contributed by atoms with Gasteiger partial charge in [0.25, 0.3) is 0 Å². The molecule has 0 atom stereocenters. The molecule has 0 aromatic rings. The van der Waals surface area contributed by atoms with Crippen LogP contribution in [0.1, 0.15) is 0 Å². The lowest BCUT2D eigenvalue weighted by atomic mass is 10.2. The van der Waals surface area contributed by atoms with E-state index in [-0.39, 0.29) is 0 Å². The van der Waals surface area contributed by atoms with E-state index >= 15 is 0 Å². The standard InChI is InChI=1S/C18H19N3O/c19-18(22)17-14-12-10-8-6-4-2-1-3-5-7-9-11-13-15-20-21-16-17/h1-16,20H,(H2,19,22)/b3-1-,4-2-,7-5-,8-6+,11-9-,12-10-,15-13-,17-14+,21-16-. The van der Waals surface area contributed by atoms with Crippen molar-refractivity contribution in [3.05, 3.63) is 96.8 Å². The number of hydrogen-bond donors (Lipinski definition) is 2. The maximum atomic E-state index is 11.2. The Morgan fingerprint density at radius 3 is 1.73 bits per heavy atom. The molecular formula is C18H19N3O. The number of carbonyl (C=O) groups is 1. The predicted molar refractivity (Wildman–Crippen MR) is 92.9 cm³/mol. The summed E-state index contributed by atoms with van der Waals surface area (Å²) in [6, 6.07) is 0. The first-order valence-corrected chi connectivity index (χ1v) is 6.76. The van der Waals surface area contributed by atoms with Crippen molar-refractivity contribution < 1.29 is 4.79 Å². The zero-order valence-corrected chi connectivity index (χ0v) is 12.2. The van der Waals surface area contributed by atoms with Crippen LogP contribution in [-0.2, 0) is 4.79 Å². The van der Waals surface area contributed by atoms with Gasteiger partial charge >= 0.3 is 0 Å². The number of hydrazone groups is 1. The smallest absolute Gasteiger partial charge is 0.250 e. The molecule has 4 nitrogen and oxygen atoms in total. The molecule has 0 saturated heterocycles. The predicted octanol–water partition coefficient (Wildman–Crippen LogP) is 2.84. The molecule has 1 rings (SSSR count). The van der Waals surface area contributed by atoms with Crippen LogP contribution >= 0.6 is 0 Å². The van der Waals surface area contributed by atoms with Gasteiger partial charge in [0.05, 0.1) is 11.8 Å². The summed E-state index contributed by atoms with van der Waals surface area (Å²) in [5, 5.41) is 3.89. The fourth-order valence-corrected chi connectivity index (χ4v) is 1.30. The van der Waals surface area contributed by atoms with Crippen LogP contribution in [0.15, 0.2) is 102 Å². The van der Waals surface area contributed by atoms with E-state index in [4.69, 9.17) is 5.73 Å². The van der Waals surface area contributed by atoms with E-state index in [1.165, 1.54) is 6.21 Å². The van der Waals surface area contributed by atoms with Gasteiger partial charge in [-0.3, -0.25) is 10.2 Å². The number of carbonyl (C=O) groups excluding carboxylic acids is 1. The van der Waals surface area contributed by atoms with Gasteiger partial charge in [0.15, 0.2) is 0 Å². The van der Waals surface area contributed by atoms with Crippen LogP contribution in [0.4, 0.5) is 0 Å². The normalized spacial score (nSPS) is 29.7. The molecule has 0 saturated carbocycles. The molecule has 0 aliphatic carbocycles. The average molecular weight is 293 g/mol. The first kappa shape index (κ1) is 16.9. The molecule has 0 radical (unpaired) electrons. The zero-order valence-electron chi connectivity index (χ0n) is 12.2. The van der Waals surface area contributed by atoms with Gasteiger partial charge in [-0.15, -0.1) is 0 Å². The minimum atomic E-state index is -0.538. The lowest BCUT2D eigenvalue weighted by Crippen LogP contribution is -2.15. The van der Waals surface area contributed by atoms with Gasteiger partial charge in [0, 0.05) is 6.20 Å². The number of nitrogens with two attached hydrogens (primary N) is 1. The number of rotatable bonds is 1. The molecule has 4 heteroatoms. The molecule has 112 valence electrons. The van der Waals surface area contributed by atoms with Crippen LogP contribution in [0.2, 0.25) is 0 Å². The van der Waals surface area contributed by atoms with Crippen LogP contribution in [0, 0.1) is 0 Å². The second-order valence-corrected chi connectivity index (χ2v) is 4.04. The Morgan fingerprint density at radius 1 is 0.773 bits per heavy atom. The van der Waals surface area contributed by atoms with Crippen molar-refractivity contribution in [2.45, 2.75) is 0 Å². The van der Waals surface area contributed by atoms with Gasteiger partial charge in [0.1, 0.15) is 0 Å². The first-order valence-electron chi connectivity index (χ1n) is 6.76. The molecule has 0 spiro atoms. The number of hydrogen-bond acceptors (Lipinski definition) is 3. The van der Waals surface area contributed by atoms with Gasteiger partial charge in [-0.2, -0.15) is 5.10 Å². The Bertz CT molecular complexity index is 612. The van der Waals surface area contributed by atoms with Gasteiger partial charge in [-0.25, -0.2) is 0 Å². The first-order chi connectivity index (χ1) is 10.8. The second-order valence-electron chi connectivity index (χ2n) is 4.04. The van der Waals surface area contributed by atoms with Crippen LogP contribution < -0.4 is 11.2 Å². The molecule has 3 N–H and O–H groups in total. The fourth-order valence-electron chi connectivity index (χ4n) is 1.30. The van der Waals surface area contributed by atoms with E-state index in [1.807, 2.05) is 60.8 Å². The largest absolute Gasteiger partial charge is 0.366 e. The number of allylic oxidation sites excluding steroid dienone is 14. The molecule has 22 heavy (non-hydrogen) atoms. The van der Waals surface area contributed by atoms with E-state index in [9.17, 15) is 4.79 Å². The summed E-state index contributed by atoms with van der Waals surface area (Å²) in [4.78, 5) is 11.2. The van der Waals surface area contributed by atoms with Crippen molar-refractivity contribution in [3.8, 4) is 0 Å². The van der Waals surface area contributed by atoms with Crippen LogP contribution in [0.3, 0.4) is 0 Å². The molecule has 0 unspecified atom stereocenters. The second kappa shape index (κ2) is 11.7. The van der Waals surface area contributed by atoms with Crippen molar-refractivity contribution in [2.75, 3.05) is 0 Å². The molecule has 0 aromatic heterocycles. The van der Waals surface area contributed by atoms with Crippen molar-refractivity contribution in [2.24, 2.45) is 10.8 Å². The Labute approximate surface area is 130 Å². The summed E-state index contributed by atoms with van der Waals surface area (Å²) < 4.78 is 0. The maximum Gasteiger partial charge on any atom is 0.250 e. The number of amides is 1. The highest BCUT2D eigenvalue weighted by Gasteiger charge is 1.98. The zero-order chi connectivity index (χ0) is 15.9. The lowest BCUT2D eigenvalue weighted by Gasteiger charge is -1.93. The summed E-state index contributed by atoms with van der Waals surface area (Å²) in [6.07, 6.45) is 29.0. The minimum Gasteiger partial charge on any atom is -0.366 e. The Balaban J connectivity index is 2.86. The highest BCUT2D eigenvalue weighted by atomic mass is 16.1. The number of nitrogens with one attached hydrogen (secondary N) is 1. The number of primary amides is 1. The van der Waals surface area contributed by atoms with E-state index in [0.717, 1.165) is 0 Å². The van der Waals surface area contributed by atoms with Crippen LogP contribution in [0.5, 0.6) is 0 Å². The van der Waals surface area contributed by atoms with Crippen LogP contribution in [-0.4, -0.2) is 12.1 Å². The Kier molecular flexibility index (Phi) is 8.97. The Morgan fingerprint density at radius 2 is 1.23 bits per heavy atom. The molecule has 1 heterocycles. The third-order valence-electron chi connectivity index (χ3n) is 2.34. The molecule has 1 amide bonds. The molecule has 1 aliphatic rings. The SMILES string of the molecule is NC(=O)C1=C/C=C\C=C\C=C/C=C\C=C/C=C\C=C/N/N=C\1. The average Bonchev–Trinajstić information content (AvgIpc) is 2.50. The van der Waals surface area contributed by atoms with Gasteiger partial charge in [-0.1, -0.05) is 72.9 Å². The number of nitrogens with zero attached hydrogens (tertiary/aromatic N) is 1. The molecular weight excluding hydrogens is 274 g/mol. The van der Waals surface area contributed by atoms with E-state index < -0.39 is 5.91 Å². The van der Waals surface area contributed by atoms with Gasteiger partial charge in [0.2, 0.25) is 5.91 Å². The van der Waals surface area contributed by atoms with E-state index in [2.05, 4.69) is 10.5 Å². The summed E-state index contributed by atoms with van der Waals surface area (Å²) >= 11 is 0. The Hall–Kier alpha value is -3.14. The summed E-state index contributed by atoms with van der Waals surface area (Å²) in [6.45, 7) is 0. The van der Waals surface area contributed by atoms with Crippen molar-refractivity contribution in [3.63, 3.8) is 0 Å². The monoisotopic (exact) mass is 293 g/mol. The quantitative estimate of drug-likeness (QED) is 0.780. The van der Waals surface area contributed by atoms with Crippen molar-refractivity contribution in [1.29, 1.82) is 0 Å². The van der Waals surface area contributed by atoms with E-state index in [1.54, 1.807) is 30.5 Å². The molecule has 1 aliphatic heterocycles.